The van der Waals surface area contributed by atoms with E-state index in [9.17, 15) is 14.4 Å². The van der Waals surface area contributed by atoms with Crippen molar-refractivity contribution in [3.63, 3.8) is 0 Å². The molecule has 0 bridgehead atoms. The van der Waals surface area contributed by atoms with E-state index in [1.165, 1.54) is 0 Å². The first-order chi connectivity index (χ1) is 14.8. The molecule has 1 aromatic heterocycles. The summed E-state index contributed by atoms with van der Waals surface area (Å²) in [5.74, 6) is -0.989. The van der Waals surface area contributed by atoms with Crippen molar-refractivity contribution in [2.45, 2.75) is 58.5 Å². The molecule has 0 aliphatic carbocycles. The molecule has 1 amide bonds. The number of amides is 1. The van der Waals surface area contributed by atoms with E-state index in [1.54, 1.807) is 6.92 Å². The second kappa shape index (κ2) is 13.8. The molecule has 9 heteroatoms. The number of hydrogen-bond donors (Lipinski definition) is 3. The molecule has 2 rings (SSSR count). The number of carbonyl (C=O) groups excluding carboxylic acids is 3. The van der Waals surface area contributed by atoms with Gasteiger partial charge in [-0.1, -0.05) is 32.0 Å². The molecule has 0 aliphatic rings. The highest BCUT2D eigenvalue weighted by Crippen LogP contribution is 2.19. The van der Waals surface area contributed by atoms with Gasteiger partial charge in [0.05, 0.1) is 13.2 Å². The predicted octanol–water partition coefficient (Wildman–Crippen LogP) is 2.88. The number of carbonyl (C=O) groups is 3. The number of esters is 2. The van der Waals surface area contributed by atoms with Gasteiger partial charge in [-0.25, -0.2) is 4.79 Å². The first-order valence-corrected chi connectivity index (χ1v) is 10.7. The highest BCUT2D eigenvalue weighted by atomic mass is 35.5. The third kappa shape index (κ3) is 8.51. The van der Waals surface area contributed by atoms with E-state index in [0.717, 1.165) is 22.9 Å². The van der Waals surface area contributed by atoms with Crippen LogP contribution < -0.4 is 11.1 Å². The van der Waals surface area contributed by atoms with Crippen LogP contribution in [0.15, 0.2) is 30.5 Å². The van der Waals surface area contributed by atoms with Gasteiger partial charge in [-0.3, -0.25) is 9.59 Å². The summed E-state index contributed by atoms with van der Waals surface area (Å²) >= 11 is 0. The fourth-order valence-electron chi connectivity index (χ4n) is 3.13. The number of hydrogen-bond acceptors (Lipinski definition) is 6. The SMILES string of the molecule is CCOC(=O)[C@H](N)CCC(=O)N[C@@H](Cc1c[nH]c2ccccc12)C(=O)OCCC(C)C.Cl. The molecule has 0 saturated heterocycles. The Labute approximate surface area is 195 Å². The van der Waals surface area contributed by atoms with Crippen molar-refractivity contribution in [1.82, 2.24) is 10.3 Å². The Kier molecular flexibility index (Phi) is 11.8. The number of ether oxygens (including phenoxy) is 2. The molecular weight excluding hydrogens is 434 g/mol. The Morgan fingerprint density at radius 3 is 2.50 bits per heavy atom. The van der Waals surface area contributed by atoms with Gasteiger partial charge < -0.3 is 25.5 Å². The number of fused-ring (bicyclic) bond motifs is 1. The third-order valence-corrected chi connectivity index (χ3v) is 4.93. The number of para-hydroxylation sites is 1. The number of aromatic amines is 1. The van der Waals surface area contributed by atoms with E-state index in [2.05, 4.69) is 10.3 Å². The van der Waals surface area contributed by atoms with Crippen molar-refractivity contribution in [1.29, 1.82) is 0 Å². The number of rotatable bonds is 12. The molecular formula is C23H34ClN3O5. The number of H-pyrrole nitrogens is 1. The largest absolute Gasteiger partial charge is 0.465 e. The summed E-state index contributed by atoms with van der Waals surface area (Å²) in [6, 6.07) is 6.04. The Balaban J connectivity index is 0.00000512. The zero-order valence-electron chi connectivity index (χ0n) is 18.9. The molecule has 1 aromatic carbocycles. The number of benzene rings is 1. The van der Waals surface area contributed by atoms with Crippen molar-refractivity contribution in [3.8, 4) is 0 Å². The fourth-order valence-corrected chi connectivity index (χ4v) is 3.13. The third-order valence-electron chi connectivity index (χ3n) is 4.93. The Hall–Kier alpha value is -2.58. The smallest absolute Gasteiger partial charge is 0.328 e. The zero-order chi connectivity index (χ0) is 22.8. The van der Waals surface area contributed by atoms with Crippen LogP contribution in [-0.2, 0) is 30.3 Å². The van der Waals surface area contributed by atoms with Crippen LogP contribution in [0.4, 0.5) is 0 Å². The zero-order valence-corrected chi connectivity index (χ0v) is 19.7. The molecule has 4 N–H and O–H groups in total. The van der Waals surface area contributed by atoms with Crippen LogP contribution in [0.5, 0.6) is 0 Å². The Morgan fingerprint density at radius 1 is 1.09 bits per heavy atom. The van der Waals surface area contributed by atoms with Crippen LogP contribution in [0.1, 0.15) is 45.6 Å². The van der Waals surface area contributed by atoms with Crippen LogP contribution in [-0.4, -0.2) is 48.1 Å². The molecule has 0 aliphatic heterocycles. The van der Waals surface area contributed by atoms with Crippen molar-refractivity contribution in [2.24, 2.45) is 11.7 Å². The van der Waals surface area contributed by atoms with E-state index in [0.29, 0.717) is 18.9 Å². The number of aromatic nitrogens is 1. The number of nitrogens with one attached hydrogen (secondary N) is 2. The minimum Gasteiger partial charge on any atom is -0.465 e. The summed E-state index contributed by atoms with van der Waals surface area (Å²) in [5, 5.41) is 3.74. The van der Waals surface area contributed by atoms with E-state index in [1.807, 2.05) is 44.3 Å². The maximum Gasteiger partial charge on any atom is 0.328 e. The molecule has 178 valence electrons. The first kappa shape index (κ1) is 27.5. The number of halogens is 1. The van der Waals surface area contributed by atoms with Crippen molar-refractivity contribution < 1.29 is 23.9 Å². The van der Waals surface area contributed by atoms with E-state index in [-0.39, 0.29) is 37.8 Å². The van der Waals surface area contributed by atoms with Gasteiger partial charge in [0.15, 0.2) is 0 Å². The normalized spacial score (nSPS) is 12.7. The van der Waals surface area contributed by atoms with E-state index >= 15 is 0 Å². The van der Waals surface area contributed by atoms with Gasteiger partial charge in [-0.2, -0.15) is 0 Å². The van der Waals surface area contributed by atoms with Crippen LogP contribution in [0, 0.1) is 5.92 Å². The Morgan fingerprint density at radius 2 is 1.81 bits per heavy atom. The highest BCUT2D eigenvalue weighted by molar-refractivity contribution is 5.87. The lowest BCUT2D eigenvalue weighted by Crippen LogP contribution is -2.44. The molecule has 0 radical (unpaired) electrons. The lowest BCUT2D eigenvalue weighted by molar-refractivity contribution is -0.148. The summed E-state index contributed by atoms with van der Waals surface area (Å²) < 4.78 is 10.3. The van der Waals surface area contributed by atoms with Crippen LogP contribution in [0.2, 0.25) is 0 Å². The predicted molar refractivity (Wildman–Crippen MR) is 125 cm³/mol. The lowest BCUT2D eigenvalue weighted by atomic mass is 10.0. The van der Waals surface area contributed by atoms with Gasteiger partial charge in [0.25, 0.3) is 0 Å². The van der Waals surface area contributed by atoms with Crippen molar-refractivity contribution in [3.05, 3.63) is 36.0 Å². The van der Waals surface area contributed by atoms with Gasteiger partial charge in [0.1, 0.15) is 12.1 Å². The molecule has 0 spiro atoms. The molecule has 2 aromatic rings. The first-order valence-electron chi connectivity index (χ1n) is 10.7. The average molecular weight is 468 g/mol. The topological polar surface area (TPSA) is 124 Å². The average Bonchev–Trinajstić information content (AvgIpc) is 3.14. The second-order valence-electron chi connectivity index (χ2n) is 7.93. The van der Waals surface area contributed by atoms with E-state index < -0.39 is 24.0 Å². The summed E-state index contributed by atoms with van der Waals surface area (Å²) in [7, 11) is 0. The summed E-state index contributed by atoms with van der Waals surface area (Å²) in [4.78, 5) is 40.0. The minimum atomic E-state index is -0.879. The van der Waals surface area contributed by atoms with Gasteiger partial charge >= 0.3 is 11.9 Å². The van der Waals surface area contributed by atoms with Crippen LogP contribution in [0.3, 0.4) is 0 Å². The van der Waals surface area contributed by atoms with Gasteiger partial charge in [-0.15, -0.1) is 12.4 Å². The summed E-state index contributed by atoms with van der Waals surface area (Å²) in [5.41, 5.74) is 7.62. The van der Waals surface area contributed by atoms with Crippen LogP contribution >= 0.6 is 12.4 Å². The molecule has 32 heavy (non-hydrogen) atoms. The van der Waals surface area contributed by atoms with Gasteiger partial charge in [-0.05, 0) is 37.3 Å². The fraction of sp³-hybridized carbons (Fsp3) is 0.522. The molecule has 2 atom stereocenters. The molecule has 0 unspecified atom stereocenters. The van der Waals surface area contributed by atoms with Crippen molar-refractivity contribution in [2.75, 3.05) is 13.2 Å². The molecule has 0 fully saturated rings. The summed E-state index contributed by atoms with van der Waals surface area (Å²) in [6.07, 6.45) is 3.01. The lowest BCUT2D eigenvalue weighted by Gasteiger charge is -2.18. The summed E-state index contributed by atoms with van der Waals surface area (Å²) in [6.45, 7) is 6.31. The van der Waals surface area contributed by atoms with E-state index in [4.69, 9.17) is 15.2 Å². The molecule has 0 saturated carbocycles. The quantitative estimate of drug-likeness (QED) is 0.412. The maximum atomic E-state index is 12.7. The number of nitrogens with two attached hydrogens (primary N) is 1. The second-order valence-corrected chi connectivity index (χ2v) is 7.93. The standard InChI is InChI=1S/C23H33N3O5.ClH/c1-4-30-22(28)18(24)9-10-21(27)26-20(23(29)31-12-11-15(2)3)13-16-14-25-19-8-6-5-7-17(16)19;/h5-8,14-15,18,20,25H,4,9-13,24H2,1-3H3,(H,26,27);1H/t18-,20+;/m1./s1. The molecule has 1 heterocycles. The van der Waals surface area contributed by atoms with Gasteiger partial charge in [0.2, 0.25) is 5.91 Å². The maximum absolute atomic E-state index is 12.7. The van der Waals surface area contributed by atoms with Crippen molar-refractivity contribution >= 4 is 41.2 Å². The Bertz CT molecular complexity index is 883. The van der Waals surface area contributed by atoms with Crippen LogP contribution in [0.25, 0.3) is 10.9 Å². The highest BCUT2D eigenvalue weighted by Gasteiger charge is 2.25. The molecule has 8 nitrogen and oxygen atoms in total. The minimum absolute atomic E-state index is 0. The van der Waals surface area contributed by atoms with Gasteiger partial charge in [0, 0.05) is 29.9 Å². The monoisotopic (exact) mass is 467 g/mol.